The van der Waals surface area contributed by atoms with Gasteiger partial charge in [-0.2, -0.15) is 14.9 Å². The summed E-state index contributed by atoms with van der Waals surface area (Å²) >= 11 is 0. The standard InChI is InChI=1S/C12H6FN5O2/c13-9-3-8(1-2-11(9)18(19)20)6-17-7-16-10(4-14)12(17)5-15/h1-3,7H,6H2. The van der Waals surface area contributed by atoms with Gasteiger partial charge >= 0.3 is 5.69 Å². The summed E-state index contributed by atoms with van der Waals surface area (Å²) in [6.07, 6.45) is 1.29. The predicted molar refractivity (Wildman–Crippen MR) is 63.8 cm³/mol. The Morgan fingerprint density at radius 3 is 2.70 bits per heavy atom. The number of aromatic nitrogens is 2. The maximum Gasteiger partial charge on any atom is 0.304 e. The molecule has 2 aromatic rings. The average molecular weight is 271 g/mol. The van der Waals surface area contributed by atoms with Gasteiger partial charge < -0.3 is 4.57 Å². The maximum atomic E-state index is 13.5. The van der Waals surface area contributed by atoms with E-state index in [9.17, 15) is 14.5 Å². The van der Waals surface area contributed by atoms with Gasteiger partial charge in [0.05, 0.1) is 11.3 Å². The highest BCUT2D eigenvalue weighted by molar-refractivity contribution is 5.38. The molecule has 0 spiro atoms. The zero-order valence-electron chi connectivity index (χ0n) is 9.95. The largest absolute Gasteiger partial charge is 0.317 e. The third kappa shape index (κ3) is 2.31. The normalized spacial score (nSPS) is 9.75. The minimum atomic E-state index is -0.952. The molecule has 0 fully saturated rings. The van der Waals surface area contributed by atoms with Crippen molar-refractivity contribution >= 4 is 5.69 Å². The quantitative estimate of drug-likeness (QED) is 0.623. The van der Waals surface area contributed by atoms with Crippen LogP contribution in [0.15, 0.2) is 24.5 Å². The third-order valence-corrected chi connectivity index (χ3v) is 2.61. The van der Waals surface area contributed by atoms with Gasteiger partial charge in [0.1, 0.15) is 12.1 Å². The molecule has 1 heterocycles. The lowest BCUT2D eigenvalue weighted by Gasteiger charge is -2.04. The van der Waals surface area contributed by atoms with E-state index < -0.39 is 16.4 Å². The maximum absolute atomic E-state index is 13.5. The Morgan fingerprint density at radius 1 is 1.40 bits per heavy atom. The van der Waals surface area contributed by atoms with Crippen LogP contribution in [0.5, 0.6) is 0 Å². The number of hydrogen-bond acceptors (Lipinski definition) is 5. The Labute approximate surface area is 112 Å². The highest BCUT2D eigenvalue weighted by atomic mass is 19.1. The molecule has 0 amide bonds. The van der Waals surface area contributed by atoms with Crippen molar-refractivity contribution in [2.75, 3.05) is 0 Å². The van der Waals surface area contributed by atoms with E-state index in [2.05, 4.69) is 4.98 Å². The topological polar surface area (TPSA) is 109 Å². The van der Waals surface area contributed by atoms with E-state index in [1.165, 1.54) is 17.0 Å². The fourth-order valence-corrected chi connectivity index (χ4v) is 1.69. The number of nitriles is 2. The minimum absolute atomic E-state index is 0.0186. The number of nitro benzene ring substituents is 1. The molecule has 8 heteroatoms. The van der Waals surface area contributed by atoms with Crippen LogP contribution < -0.4 is 0 Å². The molecule has 7 nitrogen and oxygen atoms in total. The predicted octanol–water partition coefficient (Wildman–Crippen LogP) is 1.72. The van der Waals surface area contributed by atoms with E-state index in [1.807, 2.05) is 6.07 Å². The molecule has 2 rings (SSSR count). The molecule has 0 aliphatic carbocycles. The van der Waals surface area contributed by atoms with Crippen LogP contribution in [0.3, 0.4) is 0 Å². The summed E-state index contributed by atoms with van der Waals surface area (Å²) in [4.78, 5) is 13.4. The Bertz CT molecular complexity index is 769. The number of nitrogens with zero attached hydrogens (tertiary/aromatic N) is 5. The first kappa shape index (κ1) is 13.2. The number of rotatable bonds is 3. The first-order valence-corrected chi connectivity index (χ1v) is 5.35. The van der Waals surface area contributed by atoms with Gasteiger partial charge in [0.25, 0.3) is 0 Å². The Balaban J connectivity index is 2.35. The molecule has 0 saturated carbocycles. The van der Waals surface area contributed by atoms with Crippen molar-refractivity contribution in [2.24, 2.45) is 0 Å². The second-order valence-corrected chi connectivity index (χ2v) is 3.84. The molecule has 0 atom stereocenters. The van der Waals surface area contributed by atoms with Crippen molar-refractivity contribution < 1.29 is 9.31 Å². The van der Waals surface area contributed by atoms with E-state index >= 15 is 0 Å². The number of imidazole rings is 1. The van der Waals surface area contributed by atoms with E-state index in [-0.39, 0.29) is 17.9 Å². The monoisotopic (exact) mass is 271 g/mol. The van der Waals surface area contributed by atoms with Gasteiger partial charge in [-0.3, -0.25) is 10.1 Å². The van der Waals surface area contributed by atoms with Crippen LogP contribution in [0.4, 0.5) is 10.1 Å². The summed E-state index contributed by atoms with van der Waals surface area (Å²) in [5.74, 6) is -0.952. The molecule has 0 bridgehead atoms. The van der Waals surface area contributed by atoms with Gasteiger partial charge in [-0.1, -0.05) is 6.07 Å². The van der Waals surface area contributed by atoms with Crippen LogP contribution in [0, 0.1) is 38.6 Å². The lowest BCUT2D eigenvalue weighted by Crippen LogP contribution is -2.03. The van der Waals surface area contributed by atoms with E-state index in [1.54, 1.807) is 6.07 Å². The van der Waals surface area contributed by atoms with Crippen LogP contribution in [0.1, 0.15) is 17.0 Å². The molecule has 0 unspecified atom stereocenters. The van der Waals surface area contributed by atoms with Crippen molar-refractivity contribution in [3.05, 3.63) is 57.4 Å². The van der Waals surface area contributed by atoms with Crippen molar-refractivity contribution in [3.8, 4) is 12.1 Å². The second-order valence-electron chi connectivity index (χ2n) is 3.84. The molecule has 0 saturated heterocycles. The van der Waals surface area contributed by atoms with E-state index in [4.69, 9.17) is 10.5 Å². The highest BCUT2D eigenvalue weighted by Gasteiger charge is 2.15. The van der Waals surface area contributed by atoms with Gasteiger partial charge in [-0.05, 0) is 11.6 Å². The Kier molecular flexibility index (Phi) is 3.40. The number of benzene rings is 1. The molecule has 1 aromatic heterocycles. The molecule has 0 radical (unpaired) electrons. The molecule has 0 aliphatic heterocycles. The third-order valence-electron chi connectivity index (χ3n) is 2.61. The molecule has 0 N–H and O–H groups in total. The molecule has 0 aliphatic rings. The summed E-state index contributed by atoms with van der Waals surface area (Å²) in [6, 6.07) is 7.06. The Hall–Kier alpha value is -3.26. The van der Waals surface area contributed by atoms with Crippen LogP contribution in [-0.4, -0.2) is 14.5 Å². The van der Waals surface area contributed by atoms with Crippen molar-refractivity contribution in [3.63, 3.8) is 0 Å². The molecular weight excluding hydrogens is 265 g/mol. The zero-order valence-corrected chi connectivity index (χ0v) is 9.95. The fourth-order valence-electron chi connectivity index (χ4n) is 1.69. The number of hydrogen-bond donors (Lipinski definition) is 0. The molecule has 20 heavy (non-hydrogen) atoms. The Morgan fingerprint density at radius 2 is 2.15 bits per heavy atom. The number of halogens is 1. The van der Waals surface area contributed by atoms with Gasteiger partial charge in [-0.25, -0.2) is 4.98 Å². The summed E-state index contributed by atoms with van der Waals surface area (Å²) in [5, 5.41) is 28.2. The van der Waals surface area contributed by atoms with E-state index in [0.717, 1.165) is 12.1 Å². The van der Waals surface area contributed by atoms with Crippen molar-refractivity contribution in [1.82, 2.24) is 9.55 Å². The summed E-state index contributed by atoms with van der Waals surface area (Å²) in [7, 11) is 0. The SMILES string of the molecule is N#Cc1ncn(Cc2ccc([N+](=O)[O-])c(F)c2)c1C#N. The minimum Gasteiger partial charge on any atom is -0.317 e. The zero-order chi connectivity index (χ0) is 14.7. The summed E-state index contributed by atoms with van der Waals surface area (Å²) in [6.45, 7) is 0.0898. The summed E-state index contributed by atoms with van der Waals surface area (Å²) in [5.41, 5.74) is -0.148. The molecule has 1 aromatic carbocycles. The first-order chi connectivity index (χ1) is 9.56. The fraction of sp³-hybridized carbons (Fsp3) is 0.0833. The van der Waals surface area contributed by atoms with E-state index in [0.29, 0.717) is 5.56 Å². The van der Waals surface area contributed by atoms with Crippen LogP contribution >= 0.6 is 0 Å². The lowest BCUT2D eigenvalue weighted by molar-refractivity contribution is -0.387. The van der Waals surface area contributed by atoms with Crippen molar-refractivity contribution in [1.29, 1.82) is 10.5 Å². The van der Waals surface area contributed by atoms with Crippen molar-refractivity contribution in [2.45, 2.75) is 6.54 Å². The highest BCUT2D eigenvalue weighted by Crippen LogP contribution is 2.19. The van der Waals surface area contributed by atoms with Gasteiger partial charge in [0.2, 0.25) is 5.82 Å². The van der Waals surface area contributed by atoms with Gasteiger partial charge in [-0.15, -0.1) is 0 Å². The first-order valence-electron chi connectivity index (χ1n) is 5.35. The molecule has 98 valence electrons. The van der Waals surface area contributed by atoms with Crippen LogP contribution in [0.25, 0.3) is 0 Å². The smallest absolute Gasteiger partial charge is 0.304 e. The summed E-state index contributed by atoms with van der Waals surface area (Å²) < 4.78 is 14.8. The number of nitro groups is 1. The molecular formula is C12H6FN5O2. The lowest BCUT2D eigenvalue weighted by atomic mass is 10.2. The average Bonchev–Trinajstić information content (AvgIpc) is 2.80. The second kappa shape index (κ2) is 5.16. The van der Waals surface area contributed by atoms with Crippen LogP contribution in [0.2, 0.25) is 0 Å². The van der Waals surface area contributed by atoms with Crippen LogP contribution in [-0.2, 0) is 6.54 Å². The van der Waals surface area contributed by atoms with Gasteiger partial charge in [0.15, 0.2) is 11.4 Å². The van der Waals surface area contributed by atoms with Gasteiger partial charge in [0, 0.05) is 12.6 Å².